The molecule has 4 amide bonds. The molecule has 3 rings (SSSR count). The molecule has 0 aliphatic carbocycles. The van der Waals surface area contributed by atoms with Crippen molar-refractivity contribution in [2.75, 3.05) is 19.0 Å². The molecule has 7 nitrogen and oxygen atoms in total. The Morgan fingerprint density at radius 3 is 2.54 bits per heavy atom. The van der Waals surface area contributed by atoms with Crippen molar-refractivity contribution in [1.29, 1.82) is 0 Å². The zero-order chi connectivity index (χ0) is 20.5. The van der Waals surface area contributed by atoms with Crippen molar-refractivity contribution in [1.82, 2.24) is 10.2 Å². The second-order valence-electron chi connectivity index (χ2n) is 7.07. The van der Waals surface area contributed by atoms with Crippen molar-refractivity contribution in [2.24, 2.45) is 0 Å². The first-order chi connectivity index (χ1) is 13.2. The van der Waals surface area contributed by atoms with Crippen molar-refractivity contribution in [2.45, 2.75) is 26.3 Å². The summed E-state index contributed by atoms with van der Waals surface area (Å²) in [4.78, 5) is 38.8. The minimum absolute atomic E-state index is 0.373. The second-order valence-corrected chi connectivity index (χ2v) is 7.07. The lowest BCUT2D eigenvalue weighted by molar-refractivity contribution is -0.133. The molecule has 1 aliphatic rings. The first kappa shape index (κ1) is 19.4. The van der Waals surface area contributed by atoms with Gasteiger partial charge in [-0.25, -0.2) is 4.79 Å². The summed E-state index contributed by atoms with van der Waals surface area (Å²) in [6.07, 6.45) is 0. The number of carbonyl (C=O) groups excluding carboxylic acids is 3. The van der Waals surface area contributed by atoms with Gasteiger partial charge in [0.1, 0.15) is 17.8 Å². The number of urea groups is 1. The molecular formula is C21H23N3O4. The average Bonchev–Trinajstić information content (AvgIpc) is 2.85. The van der Waals surface area contributed by atoms with Crippen molar-refractivity contribution in [3.05, 3.63) is 59.2 Å². The fourth-order valence-corrected chi connectivity index (χ4v) is 3.30. The Kier molecular flexibility index (Phi) is 5.09. The van der Waals surface area contributed by atoms with Gasteiger partial charge in [0.05, 0.1) is 7.11 Å². The normalized spacial score (nSPS) is 18.8. The minimum Gasteiger partial charge on any atom is -0.496 e. The van der Waals surface area contributed by atoms with Crippen LogP contribution in [0.15, 0.2) is 42.5 Å². The molecule has 7 heteroatoms. The first-order valence-electron chi connectivity index (χ1n) is 8.90. The molecule has 1 atom stereocenters. The number of nitrogens with zero attached hydrogens (tertiary/aromatic N) is 1. The van der Waals surface area contributed by atoms with Crippen LogP contribution in [0.3, 0.4) is 0 Å². The van der Waals surface area contributed by atoms with Crippen molar-refractivity contribution >= 4 is 23.5 Å². The number of anilines is 1. The largest absolute Gasteiger partial charge is 0.496 e. The first-order valence-corrected chi connectivity index (χ1v) is 8.90. The molecular weight excluding hydrogens is 358 g/mol. The van der Waals surface area contributed by atoms with Gasteiger partial charge < -0.3 is 15.4 Å². The zero-order valence-corrected chi connectivity index (χ0v) is 16.3. The monoisotopic (exact) mass is 381 g/mol. The van der Waals surface area contributed by atoms with Gasteiger partial charge in [-0.1, -0.05) is 23.8 Å². The van der Waals surface area contributed by atoms with E-state index in [1.807, 2.05) is 38.1 Å². The van der Waals surface area contributed by atoms with Crippen LogP contribution in [0.2, 0.25) is 0 Å². The Bertz CT molecular complexity index is 956. The summed E-state index contributed by atoms with van der Waals surface area (Å²) >= 11 is 0. The van der Waals surface area contributed by atoms with Gasteiger partial charge in [-0.15, -0.1) is 0 Å². The molecule has 1 saturated heterocycles. The molecule has 2 N–H and O–H groups in total. The lowest BCUT2D eigenvalue weighted by atomic mass is 9.90. The summed E-state index contributed by atoms with van der Waals surface area (Å²) in [5.74, 6) is -0.455. The van der Waals surface area contributed by atoms with Gasteiger partial charge in [-0.3, -0.25) is 14.5 Å². The van der Waals surface area contributed by atoms with Crippen LogP contribution in [-0.2, 0) is 15.1 Å². The van der Waals surface area contributed by atoms with Crippen molar-refractivity contribution in [3.63, 3.8) is 0 Å². The molecule has 0 unspecified atom stereocenters. The Morgan fingerprint density at radius 1 is 1.14 bits per heavy atom. The molecule has 0 saturated carbocycles. The molecule has 2 aromatic carbocycles. The number of aryl methyl sites for hydroxylation is 2. The summed E-state index contributed by atoms with van der Waals surface area (Å²) in [7, 11) is 1.51. The van der Waals surface area contributed by atoms with Gasteiger partial charge in [-0.2, -0.15) is 0 Å². The zero-order valence-electron chi connectivity index (χ0n) is 16.3. The van der Waals surface area contributed by atoms with E-state index in [9.17, 15) is 14.4 Å². The number of ether oxygens (including phenoxy) is 1. The van der Waals surface area contributed by atoms with Crippen LogP contribution in [0, 0.1) is 13.8 Å². The Labute approximate surface area is 163 Å². The number of hydrogen-bond donors (Lipinski definition) is 2. The smallest absolute Gasteiger partial charge is 0.325 e. The molecule has 1 aliphatic heterocycles. The number of nitrogens with one attached hydrogen (secondary N) is 2. The van der Waals surface area contributed by atoms with E-state index in [0.717, 1.165) is 16.0 Å². The van der Waals surface area contributed by atoms with Gasteiger partial charge in [-0.05, 0) is 50.6 Å². The topological polar surface area (TPSA) is 87.7 Å². The minimum atomic E-state index is -1.31. The summed E-state index contributed by atoms with van der Waals surface area (Å²) < 4.78 is 5.37. The van der Waals surface area contributed by atoms with E-state index in [0.29, 0.717) is 17.0 Å². The Morgan fingerprint density at radius 2 is 1.86 bits per heavy atom. The number of carbonyl (C=O) groups is 3. The maximum Gasteiger partial charge on any atom is 0.325 e. The highest BCUT2D eigenvalue weighted by atomic mass is 16.5. The van der Waals surface area contributed by atoms with Crippen molar-refractivity contribution < 1.29 is 19.1 Å². The number of methoxy groups -OCH3 is 1. The van der Waals surface area contributed by atoms with Gasteiger partial charge in [0.25, 0.3) is 5.91 Å². The molecule has 2 aromatic rings. The van der Waals surface area contributed by atoms with Crippen molar-refractivity contribution in [3.8, 4) is 5.75 Å². The van der Waals surface area contributed by atoms with Crippen LogP contribution >= 0.6 is 0 Å². The van der Waals surface area contributed by atoms with E-state index < -0.39 is 23.4 Å². The third kappa shape index (κ3) is 3.55. The molecule has 0 spiro atoms. The fourth-order valence-electron chi connectivity index (χ4n) is 3.30. The summed E-state index contributed by atoms with van der Waals surface area (Å²) in [5, 5.41) is 5.42. The number of rotatable bonds is 5. The highest BCUT2D eigenvalue weighted by Crippen LogP contribution is 2.35. The van der Waals surface area contributed by atoms with E-state index in [-0.39, 0.29) is 6.54 Å². The summed E-state index contributed by atoms with van der Waals surface area (Å²) in [6.45, 7) is 5.04. The van der Waals surface area contributed by atoms with E-state index in [1.54, 1.807) is 25.1 Å². The third-order valence-electron chi connectivity index (χ3n) is 4.77. The van der Waals surface area contributed by atoms with E-state index in [1.165, 1.54) is 7.11 Å². The molecule has 146 valence electrons. The summed E-state index contributed by atoms with van der Waals surface area (Å²) in [5.41, 5.74) is 1.77. The lowest BCUT2D eigenvalue weighted by Crippen LogP contribution is -2.42. The second kappa shape index (κ2) is 7.34. The van der Waals surface area contributed by atoms with Crippen LogP contribution in [0.5, 0.6) is 5.75 Å². The standard InChI is InChI=1S/C21H23N3O4/c1-13-6-5-7-15(10-13)22-18(25)12-24-19(26)21(3,23-20(24)27)16-11-14(2)8-9-17(16)28-4/h5-11H,12H2,1-4H3,(H,22,25)(H,23,27)/t21-/m1/s1. The third-order valence-corrected chi connectivity index (χ3v) is 4.77. The number of hydrogen-bond acceptors (Lipinski definition) is 4. The van der Waals surface area contributed by atoms with Crippen LogP contribution in [0.25, 0.3) is 0 Å². The van der Waals surface area contributed by atoms with Gasteiger partial charge >= 0.3 is 6.03 Å². The van der Waals surface area contributed by atoms with Gasteiger partial charge in [0.15, 0.2) is 0 Å². The number of imide groups is 1. The highest BCUT2D eigenvalue weighted by Gasteiger charge is 2.50. The number of amides is 4. The summed E-state index contributed by atoms with van der Waals surface area (Å²) in [6, 6.07) is 12.1. The molecule has 0 bridgehead atoms. The van der Waals surface area contributed by atoms with E-state index in [2.05, 4.69) is 10.6 Å². The van der Waals surface area contributed by atoms with Gasteiger partial charge in [0.2, 0.25) is 5.91 Å². The van der Waals surface area contributed by atoms with Crippen LogP contribution in [-0.4, -0.2) is 36.4 Å². The van der Waals surface area contributed by atoms with Crippen LogP contribution < -0.4 is 15.4 Å². The molecule has 0 aromatic heterocycles. The predicted octanol–water partition coefficient (Wildman–Crippen LogP) is 2.72. The maximum atomic E-state index is 13.1. The van der Waals surface area contributed by atoms with Gasteiger partial charge in [0, 0.05) is 11.3 Å². The fraction of sp³-hybridized carbons (Fsp3) is 0.286. The van der Waals surface area contributed by atoms with E-state index >= 15 is 0 Å². The quantitative estimate of drug-likeness (QED) is 0.780. The molecule has 1 heterocycles. The lowest BCUT2D eigenvalue weighted by Gasteiger charge is -2.24. The van der Waals surface area contributed by atoms with E-state index in [4.69, 9.17) is 4.74 Å². The maximum absolute atomic E-state index is 13.1. The highest BCUT2D eigenvalue weighted by molar-refractivity contribution is 6.10. The molecule has 1 fully saturated rings. The average molecular weight is 381 g/mol. The molecule has 28 heavy (non-hydrogen) atoms. The molecule has 0 radical (unpaired) electrons. The predicted molar refractivity (Wildman–Crippen MR) is 105 cm³/mol. The SMILES string of the molecule is COc1ccc(C)cc1[C@@]1(C)NC(=O)N(CC(=O)Nc2cccc(C)c2)C1=O. The van der Waals surface area contributed by atoms with Crippen LogP contribution in [0.4, 0.5) is 10.5 Å². The van der Waals surface area contributed by atoms with Crippen LogP contribution in [0.1, 0.15) is 23.6 Å². The Balaban J connectivity index is 1.82. The number of benzene rings is 2. The Hall–Kier alpha value is -3.35.